The van der Waals surface area contributed by atoms with E-state index in [1.165, 1.54) is 12.1 Å². The van der Waals surface area contributed by atoms with Crippen molar-refractivity contribution in [1.29, 1.82) is 0 Å². The molecule has 6 heteroatoms. The summed E-state index contributed by atoms with van der Waals surface area (Å²) in [4.78, 5) is 1.95. The molecular formula is C13H15F3INO. The summed E-state index contributed by atoms with van der Waals surface area (Å²) in [6, 6.07) is 4.48. The normalized spacial score (nSPS) is 24.6. The standard InChI is InChI=1S/C13H15F3INO/c1-8-6-18(7-9(2)19-8)10-3-4-12(17)11(5-10)13(14,15)16/h3-5,8-9H,6-7H2,1-2H3/t8-,9+. The van der Waals surface area contributed by atoms with E-state index in [9.17, 15) is 13.2 Å². The van der Waals surface area contributed by atoms with E-state index in [-0.39, 0.29) is 15.8 Å². The number of alkyl halides is 3. The van der Waals surface area contributed by atoms with Gasteiger partial charge in [0.15, 0.2) is 0 Å². The Labute approximate surface area is 124 Å². The molecule has 1 fully saturated rings. The molecule has 19 heavy (non-hydrogen) atoms. The fourth-order valence-electron chi connectivity index (χ4n) is 2.32. The Balaban J connectivity index is 2.30. The van der Waals surface area contributed by atoms with Gasteiger partial charge in [-0.15, -0.1) is 0 Å². The van der Waals surface area contributed by atoms with Crippen molar-refractivity contribution in [2.75, 3.05) is 18.0 Å². The zero-order chi connectivity index (χ0) is 14.2. The molecular weight excluding hydrogens is 370 g/mol. The molecule has 2 atom stereocenters. The molecule has 0 spiro atoms. The minimum atomic E-state index is -4.31. The van der Waals surface area contributed by atoms with E-state index < -0.39 is 11.7 Å². The average molecular weight is 385 g/mol. The van der Waals surface area contributed by atoms with Crippen molar-refractivity contribution in [1.82, 2.24) is 0 Å². The van der Waals surface area contributed by atoms with Gasteiger partial charge in [-0.05, 0) is 54.6 Å². The van der Waals surface area contributed by atoms with Gasteiger partial charge in [-0.3, -0.25) is 0 Å². The van der Waals surface area contributed by atoms with Crippen molar-refractivity contribution in [2.45, 2.75) is 32.2 Å². The highest BCUT2D eigenvalue weighted by molar-refractivity contribution is 14.1. The zero-order valence-electron chi connectivity index (χ0n) is 10.7. The molecule has 0 saturated carbocycles. The van der Waals surface area contributed by atoms with Gasteiger partial charge in [0.25, 0.3) is 0 Å². The number of halogens is 4. The van der Waals surface area contributed by atoms with Gasteiger partial charge in [-0.25, -0.2) is 0 Å². The molecule has 0 unspecified atom stereocenters. The van der Waals surface area contributed by atoms with Crippen LogP contribution in [0.5, 0.6) is 0 Å². The molecule has 0 amide bonds. The first-order valence-corrected chi connectivity index (χ1v) is 7.12. The van der Waals surface area contributed by atoms with Crippen molar-refractivity contribution >= 4 is 28.3 Å². The number of nitrogens with zero attached hydrogens (tertiary/aromatic N) is 1. The second-order valence-corrected chi connectivity index (χ2v) is 5.99. The highest BCUT2D eigenvalue weighted by Crippen LogP contribution is 2.35. The lowest BCUT2D eigenvalue weighted by Gasteiger charge is -2.37. The van der Waals surface area contributed by atoms with Gasteiger partial charge in [0, 0.05) is 22.3 Å². The molecule has 0 aromatic heterocycles. The third-order valence-electron chi connectivity index (χ3n) is 3.04. The predicted molar refractivity (Wildman–Crippen MR) is 76.4 cm³/mol. The summed E-state index contributed by atoms with van der Waals surface area (Å²) in [5.41, 5.74) is 0.0344. The summed E-state index contributed by atoms with van der Waals surface area (Å²) in [6.07, 6.45) is -4.26. The largest absolute Gasteiger partial charge is 0.417 e. The number of ether oxygens (including phenoxy) is 1. The molecule has 2 nitrogen and oxygen atoms in total. The van der Waals surface area contributed by atoms with E-state index >= 15 is 0 Å². The first-order valence-electron chi connectivity index (χ1n) is 6.04. The molecule has 1 aromatic carbocycles. The van der Waals surface area contributed by atoms with Crippen LogP contribution in [0.25, 0.3) is 0 Å². The molecule has 1 aromatic rings. The Bertz CT molecular complexity index is 454. The summed E-state index contributed by atoms with van der Waals surface area (Å²) < 4.78 is 44.5. The SMILES string of the molecule is C[C@@H]1CN(c2ccc(I)c(C(F)(F)F)c2)C[C@H](C)O1. The van der Waals surface area contributed by atoms with Crippen LogP contribution >= 0.6 is 22.6 Å². The topological polar surface area (TPSA) is 12.5 Å². The molecule has 106 valence electrons. The smallest absolute Gasteiger partial charge is 0.372 e. The number of benzene rings is 1. The lowest BCUT2D eigenvalue weighted by molar-refractivity contribution is -0.138. The molecule has 1 saturated heterocycles. The maximum atomic E-state index is 12.9. The van der Waals surface area contributed by atoms with Gasteiger partial charge in [-0.2, -0.15) is 13.2 Å². The molecule has 1 heterocycles. The summed E-state index contributed by atoms with van der Waals surface area (Å²) >= 11 is 1.72. The van der Waals surface area contributed by atoms with Gasteiger partial charge in [0.1, 0.15) is 0 Å². The Morgan fingerprint density at radius 1 is 1.21 bits per heavy atom. The van der Waals surface area contributed by atoms with Crippen LogP contribution in [0.4, 0.5) is 18.9 Å². The van der Waals surface area contributed by atoms with Crippen LogP contribution in [0.3, 0.4) is 0 Å². The maximum absolute atomic E-state index is 12.9. The lowest BCUT2D eigenvalue weighted by atomic mass is 10.1. The zero-order valence-corrected chi connectivity index (χ0v) is 12.8. The van der Waals surface area contributed by atoms with Crippen LogP contribution in [0.1, 0.15) is 19.4 Å². The Kier molecular flexibility index (Phi) is 4.29. The van der Waals surface area contributed by atoms with Crippen LogP contribution < -0.4 is 4.90 Å². The van der Waals surface area contributed by atoms with Crippen LogP contribution in [-0.4, -0.2) is 25.3 Å². The second-order valence-electron chi connectivity index (χ2n) is 4.82. The first-order chi connectivity index (χ1) is 8.77. The van der Waals surface area contributed by atoms with Crippen LogP contribution in [-0.2, 0) is 10.9 Å². The molecule has 0 bridgehead atoms. The fourth-order valence-corrected chi connectivity index (χ4v) is 2.96. The summed E-state index contributed by atoms with van der Waals surface area (Å²) in [6.45, 7) is 5.09. The van der Waals surface area contributed by atoms with Gasteiger partial charge in [-0.1, -0.05) is 0 Å². The van der Waals surface area contributed by atoms with Crippen LogP contribution in [0.2, 0.25) is 0 Å². The van der Waals surface area contributed by atoms with E-state index in [0.29, 0.717) is 18.8 Å². The molecule has 0 aliphatic carbocycles. The third-order valence-corrected chi connectivity index (χ3v) is 3.98. The molecule has 0 radical (unpaired) electrons. The lowest BCUT2D eigenvalue weighted by Crippen LogP contribution is -2.45. The van der Waals surface area contributed by atoms with Crippen LogP contribution in [0, 0.1) is 3.57 Å². The van der Waals surface area contributed by atoms with Crippen molar-refractivity contribution in [2.24, 2.45) is 0 Å². The summed E-state index contributed by atoms with van der Waals surface area (Å²) in [7, 11) is 0. The van der Waals surface area contributed by atoms with E-state index in [1.54, 1.807) is 28.7 Å². The predicted octanol–water partition coefficient (Wildman–Crippen LogP) is 3.92. The number of hydrogen-bond donors (Lipinski definition) is 0. The van der Waals surface area contributed by atoms with Crippen molar-refractivity contribution in [3.8, 4) is 0 Å². The van der Waals surface area contributed by atoms with Gasteiger partial charge in [0.2, 0.25) is 0 Å². The number of hydrogen-bond acceptors (Lipinski definition) is 2. The van der Waals surface area contributed by atoms with Crippen molar-refractivity contribution in [3.05, 3.63) is 27.3 Å². The molecule has 0 N–H and O–H groups in total. The molecule has 1 aliphatic rings. The molecule has 1 aliphatic heterocycles. The van der Waals surface area contributed by atoms with E-state index in [1.807, 2.05) is 18.7 Å². The Morgan fingerprint density at radius 3 is 2.32 bits per heavy atom. The van der Waals surface area contributed by atoms with Crippen LogP contribution in [0.15, 0.2) is 18.2 Å². The monoisotopic (exact) mass is 385 g/mol. The minimum absolute atomic E-state index is 0.0253. The quantitative estimate of drug-likeness (QED) is 0.680. The van der Waals surface area contributed by atoms with E-state index in [0.717, 1.165) is 0 Å². The summed E-state index contributed by atoms with van der Waals surface area (Å²) in [5, 5.41) is 0. The second kappa shape index (κ2) is 5.47. The average Bonchev–Trinajstić information content (AvgIpc) is 2.26. The highest BCUT2D eigenvalue weighted by atomic mass is 127. The number of anilines is 1. The summed E-state index contributed by atoms with van der Waals surface area (Å²) in [5.74, 6) is 0. The van der Waals surface area contributed by atoms with Gasteiger partial charge in [0.05, 0.1) is 17.8 Å². The number of rotatable bonds is 1. The van der Waals surface area contributed by atoms with E-state index in [2.05, 4.69) is 0 Å². The maximum Gasteiger partial charge on any atom is 0.417 e. The third kappa shape index (κ3) is 3.53. The van der Waals surface area contributed by atoms with Gasteiger partial charge < -0.3 is 9.64 Å². The van der Waals surface area contributed by atoms with Crippen molar-refractivity contribution < 1.29 is 17.9 Å². The fraction of sp³-hybridized carbons (Fsp3) is 0.538. The Hall–Kier alpha value is -0.500. The van der Waals surface area contributed by atoms with E-state index in [4.69, 9.17) is 4.74 Å². The highest BCUT2D eigenvalue weighted by Gasteiger charge is 2.34. The Morgan fingerprint density at radius 2 is 1.79 bits per heavy atom. The first kappa shape index (κ1) is 14.9. The molecule has 2 rings (SSSR count). The minimum Gasteiger partial charge on any atom is -0.372 e. The van der Waals surface area contributed by atoms with Gasteiger partial charge >= 0.3 is 6.18 Å². The van der Waals surface area contributed by atoms with Crippen molar-refractivity contribution in [3.63, 3.8) is 0 Å². The number of morpholine rings is 1.